The number of rotatable bonds is 21. The van der Waals surface area contributed by atoms with Gasteiger partial charge in [0.15, 0.2) is 0 Å². The van der Waals surface area contributed by atoms with Crippen LogP contribution < -0.4 is 0 Å². The molecule has 0 radical (unpaired) electrons. The standard InChI is InChI=1S/C29H48O6S6/c1-29(20-33-26(30)11-5-2-8-23-14-17-36-39-23,21-34-27(31)12-6-3-9-24-15-18-37-40-24)22-35-28(32)13-7-4-10-25-16-19-38-41-25/h23-25H,2-22H2,1H3. The second kappa shape index (κ2) is 21.3. The third-order valence-electron chi connectivity index (χ3n) is 7.40. The Labute approximate surface area is 271 Å². The Morgan fingerprint density at radius 2 is 0.878 bits per heavy atom. The Hall–Kier alpha value is 0.510. The van der Waals surface area contributed by atoms with Crippen molar-refractivity contribution in [2.75, 3.05) is 37.1 Å². The van der Waals surface area contributed by atoms with Crippen molar-refractivity contribution in [3.05, 3.63) is 0 Å². The lowest BCUT2D eigenvalue weighted by molar-refractivity contribution is -0.160. The summed E-state index contributed by atoms with van der Waals surface area (Å²) in [7, 11) is 11.7. The van der Waals surface area contributed by atoms with Crippen molar-refractivity contribution in [2.24, 2.45) is 5.41 Å². The summed E-state index contributed by atoms with van der Waals surface area (Å²) in [6, 6.07) is 0. The fourth-order valence-electron chi connectivity index (χ4n) is 4.72. The maximum atomic E-state index is 12.5. The second-order valence-corrected chi connectivity index (χ2v) is 19.9. The van der Waals surface area contributed by atoms with Crippen molar-refractivity contribution in [3.63, 3.8) is 0 Å². The van der Waals surface area contributed by atoms with Gasteiger partial charge in [-0.1, -0.05) is 84.0 Å². The zero-order valence-electron chi connectivity index (χ0n) is 24.5. The van der Waals surface area contributed by atoms with Gasteiger partial charge in [0.2, 0.25) is 0 Å². The molecule has 0 N–H and O–H groups in total. The van der Waals surface area contributed by atoms with Crippen molar-refractivity contribution in [1.82, 2.24) is 0 Å². The number of hydrogen-bond donors (Lipinski definition) is 0. The highest BCUT2D eigenvalue weighted by atomic mass is 33.1. The van der Waals surface area contributed by atoms with E-state index in [1.165, 1.54) is 36.5 Å². The zero-order chi connectivity index (χ0) is 29.2. The Bertz CT molecular complexity index is 671. The Kier molecular flexibility index (Phi) is 18.7. The van der Waals surface area contributed by atoms with Gasteiger partial charge >= 0.3 is 17.9 Å². The van der Waals surface area contributed by atoms with Crippen LogP contribution >= 0.6 is 64.8 Å². The predicted octanol–water partition coefficient (Wildman–Crippen LogP) is 8.76. The summed E-state index contributed by atoms with van der Waals surface area (Å²) in [5.74, 6) is 2.95. The van der Waals surface area contributed by atoms with Gasteiger partial charge in [0, 0.05) is 52.3 Å². The molecule has 3 heterocycles. The molecule has 0 spiro atoms. The Morgan fingerprint density at radius 3 is 1.15 bits per heavy atom. The molecule has 0 bridgehead atoms. The van der Waals surface area contributed by atoms with Gasteiger partial charge in [-0.15, -0.1) is 0 Å². The number of hydrogen-bond acceptors (Lipinski definition) is 12. The van der Waals surface area contributed by atoms with Crippen LogP contribution in [0, 0.1) is 5.41 Å². The van der Waals surface area contributed by atoms with Crippen molar-refractivity contribution in [1.29, 1.82) is 0 Å². The van der Waals surface area contributed by atoms with E-state index in [0.717, 1.165) is 57.8 Å². The molecule has 0 aliphatic carbocycles. The van der Waals surface area contributed by atoms with Crippen molar-refractivity contribution in [2.45, 2.75) is 119 Å². The van der Waals surface area contributed by atoms with Gasteiger partial charge in [-0.3, -0.25) is 14.4 Å². The first kappa shape index (κ1) is 36.0. The molecule has 41 heavy (non-hydrogen) atoms. The Morgan fingerprint density at radius 1 is 0.561 bits per heavy atom. The average Bonchev–Trinajstić information content (AvgIpc) is 3.77. The largest absolute Gasteiger partial charge is 0.465 e. The fourth-order valence-corrected chi connectivity index (χ4v) is 13.8. The smallest absolute Gasteiger partial charge is 0.305 e. The number of carbonyl (C=O) groups excluding carboxylic acids is 3. The summed E-state index contributed by atoms with van der Waals surface area (Å²) < 4.78 is 16.8. The maximum Gasteiger partial charge on any atom is 0.305 e. The van der Waals surface area contributed by atoms with Crippen molar-refractivity contribution < 1.29 is 28.6 Å². The quantitative estimate of drug-likeness (QED) is 0.0502. The molecule has 0 amide bonds. The topological polar surface area (TPSA) is 78.9 Å². The van der Waals surface area contributed by atoms with Gasteiger partial charge < -0.3 is 14.2 Å². The van der Waals surface area contributed by atoms with Gasteiger partial charge in [0.05, 0.1) is 5.41 Å². The van der Waals surface area contributed by atoms with Crippen LogP contribution in [-0.2, 0) is 28.6 Å². The minimum Gasteiger partial charge on any atom is -0.465 e. The Balaban J connectivity index is 1.35. The lowest BCUT2D eigenvalue weighted by atomic mass is 9.94. The van der Waals surface area contributed by atoms with Gasteiger partial charge in [-0.25, -0.2) is 0 Å². The highest BCUT2D eigenvalue weighted by Gasteiger charge is 2.31. The molecule has 0 aromatic heterocycles. The highest BCUT2D eigenvalue weighted by Crippen LogP contribution is 2.41. The maximum absolute atomic E-state index is 12.5. The molecule has 3 aliphatic heterocycles. The van der Waals surface area contributed by atoms with Crippen molar-refractivity contribution in [3.8, 4) is 0 Å². The SMILES string of the molecule is CC(COC(=O)CCCCC1CCSS1)(COC(=O)CCCCC1CCSS1)COC(=O)CCCCC1CCSS1. The minimum absolute atomic E-state index is 0.0641. The van der Waals surface area contributed by atoms with E-state index in [9.17, 15) is 14.4 Å². The number of carbonyl (C=O) groups is 3. The van der Waals surface area contributed by atoms with Crippen molar-refractivity contribution >= 4 is 82.7 Å². The average molecular weight is 685 g/mol. The van der Waals surface area contributed by atoms with E-state index in [1.54, 1.807) is 0 Å². The monoisotopic (exact) mass is 684 g/mol. The molecule has 3 saturated heterocycles. The number of ether oxygens (including phenoxy) is 3. The normalized spacial score (nSPS) is 23.8. The fraction of sp³-hybridized carbons (Fsp3) is 0.897. The lowest BCUT2D eigenvalue weighted by Gasteiger charge is -2.28. The van der Waals surface area contributed by atoms with E-state index in [4.69, 9.17) is 14.2 Å². The first-order valence-electron chi connectivity index (χ1n) is 15.2. The van der Waals surface area contributed by atoms with Gasteiger partial charge in [0.1, 0.15) is 19.8 Å². The van der Waals surface area contributed by atoms with Crippen LogP contribution in [0.4, 0.5) is 0 Å². The summed E-state index contributed by atoms with van der Waals surface area (Å²) in [6.07, 6.45) is 13.9. The van der Waals surface area contributed by atoms with Crippen LogP contribution in [0.5, 0.6) is 0 Å². The van der Waals surface area contributed by atoms with Crippen LogP contribution in [0.1, 0.15) is 103 Å². The number of esters is 3. The van der Waals surface area contributed by atoms with Gasteiger partial charge in [-0.05, 0) is 64.7 Å². The predicted molar refractivity (Wildman–Crippen MR) is 182 cm³/mol. The molecule has 12 heteroatoms. The third kappa shape index (κ3) is 16.4. The molecule has 6 nitrogen and oxygen atoms in total. The first-order valence-corrected chi connectivity index (χ1v) is 22.4. The van der Waals surface area contributed by atoms with Crippen LogP contribution in [0.15, 0.2) is 0 Å². The molecule has 0 aromatic carbocycles. The van der Waals surface area contributed by atoms with Crippen LogP contribution in [0.3, 0.4) is 0 Å². The summed E-state index contributed by atoms with van der Waals surface area (Å²) >= 11 is 0. The highest BCUT2D eigenvalue weighted by molar-refractivity contribution is 8.78. The molecule has 3 rings (SSSR count). The molecular formula is C29H48O6S6. The molecule has 0 saturated carbocycles. The summed E-state index contributed by atoms with van der Waals surface area (Å²) in [6.45, 7) is 2.05. The molecule has 3 unspecified atom stereocenters. The number of unbranched alkanes of at least 4 members (excludes halogenated alkanes) is 3. The van der Waals surface area contributed by atoms with Crippen LogP contribution in [-0.4, -0.2) is 70.7 Å². The summed E-state index contributed by atoms with van der Waals surface area (Å²) in [5, 5.41) is 2.14. The summed E-state index contributed by atoms with van der Waals surface area (Å²) in [5.41, 5.74) is -0.770. The zero-order valence-corrected chi connectivity index (χ0v) is 29.4. The molecule has 3 atom stereocenters. The lowest BCUT2D eigenvalue weighted by Crippen LogP contribution is -2.37. The second-order valence-electron chi connectivity index (χ2n) is 11.5. The third-order valence-corrected chi connectivity index (χ3v) is 16.4. The minimum atomic E-state index is -0.770. The summed E-state index contributed by atoms with van der Waals surface area (Å²) in [4.78, 5) is 37.4. The first-order chi connectivity index (χ1) is 19.9. The van der Waals surface area contributed by atoms with E-state index in [2.05, 4.69) is 0 Å². The molecule has 3 aliphatic rings. The van der Waals surface area contributed by atoms with Crippen LogP contribution in [0.25, 0.3) is 0 Å². The van der Waals surface area contributed by atoms with Gasteiger partial charge in [0.25, 0.3) is 0 Å². The van der Waals surface area contributed by atoms with Gasteiger partial charge in [-0.2, -0.15) is 0 Å². The molecular weight excluding hydrogens is 637 g/mol. The van der Waals surface area contributed by atoms with E-state index in [1.807, 2.05) is 71.7 Å². The van der Waals surface area contributed by atoms with E-state index in [-0.39, 0.29) is 37.7 Å². The molecule has 236 valence electrons. The van der Waals surface area contributed by atoms with E-state index < -0.39 is 5.41 Å². The van der Waals surface area contributed by atoms with E-state index >= 15 is 0 Å². The van der Waals surface area contributed by atoms with Crippen LogP contribution in [0.2, 0.25) is 0 Å². The molecule has 3 fully saturated rings. The molecule has 0 aromatic rings. The van der Waals surface area contributed by atoms with E-state index in [0.29, 0.717) is 35.0 Å².